The molecule has 13 nitrogen and oxygen atoms in total. The van der Waals surface area contributed by atoms with E-state index >= 15 is 0 Å². The number of piperazine rings is 1. The Morgan fingerprint density at radius 1 is 1.12 bits per heavy atom. The minimum absolute atomic E-state index is 0.0408. The molecule has 11 rings (SSSR count). The number of methoxy groups -OCH3 is 1. The summed E-state index contributed by atoms with van der Waals surface area (Å²) in [5.41, 5.74) is 5.11. The van der Waals surface area contributed by atoms with Gasteiger partial charge in [-0.15, -0.1) is 11.8 Å². The number of nitrogens with zero attached hydrogens (tertiary/aromatic N) is 3. The number of carbonyl (C=O) groups is 2. The first-order valence-electron chi connectivity index (χ1n) is 19.2. The molecule has 4 bridgehead atoms. The summed E-state index contributed by atoms with van der Waals surface area (Å²) >= 11 is 1.49. The van der Waals surface area contributed by atoms with E-state index in [1.54, 1.807) is 6.07 Å². The Bertz CT molecular complexity index is 2480. The summed E-state index contributed by atoms with van der Waals surface area (Å²) in [5.74, 6) is 0.379. The summed E-state index contributed by atoms with van der Waals surface area (Å²) < 4.78 is 45.4. The first kappa shape index (κ1) is 36.3. The molecule has 296 valence electrons. The smallest absolute Gasteiger partial charge is 0.333 e. The molecule has 4 aromatic rings. The molecule has 0 aliphatic carbocycles. The summed E-state index contributed by atoms with van der Waals surface area (Å²) in [6.07, 6.45) is 1.04. The molecule has 8 atom stereocenters. The largest absolute Gasteiger partial charge is 0.504 e. The van der Waals surface area contributed by atoms with Crippen LogP contribution in [0.1, 0.15) is 75.8 Å². The second-order valence-electron chi connectivity index (χ2n) is 16.2. The van der Waals surface area contributed by atoms with Crippen LogP contribution in [0.15, 0.2) is 24.3 Å². The van der Waals surface area contributed by atoms with Crippen LogP contribution in [0.4, 0.5) is 4.39 Å². The number of hydrogen-bond donors (Lipinski definition) is 3. The lowest BCUT2D eigenvalue weighted by Crippen LogP contribution is -2.69. The van der Waals surface area contributed by atoms with Crippen molar-refractivity contribution < 1.29 is 42.8 Å². The molecule has 57 heavy (non-hydrogen) atoms. The maximum Gasteiger partial charge on any atom is 0.333 e. The van der Waals surface area contributed by atoms with Gasteiger partial charge in [0.2, 0.25) is 6.79 Å². The molecule has 0 amide bonds. The molecular weight excluding hydrogens is 754 g/mol. The van der Waals surface area contributed by atoms with Gasteiger partial charge in [-0.25, -0.2) is 9.18 Å². The number of aromatic nitrogens is 1. The number of aromatic hydroxyl groups is 1. The van der Waals surface area contributed by atoms with Gasteiger partial charge in [0.15, 0.2) is 28.5 Å². The van der Waals surface area contributed by atoms with Crippen LogP contribution in [0, 0.1) is 31.0 Å². The zero-order valence-corrected chi connectivity index (χ0v) is 33.1. The number of hydrogen-bond acceptors (Lipinski definition) is 13. The maximum absolute atomic E-state index is 15.0. The van der Waals surface area contributed by atoms with Crippen LogP contribution in [-0.2, 0) is 32.7 Å². The highest BCUT2D eigenvalue weighted by Gasteiger charge is 2.62. The fourth-order valence-electron chi connectivity index (χ4n) is 10.9. The number of benzene rings is 3. The first-order valence-corrected chi connectivity index (χ1v) is 20.2. The molecule has 3 N–H and O–H groups in total. The van der Waals surface area contributed by atoms with E-state index in [2.05, 4.69) is 26.2 Å². The lowest BCUT2D eigenvalue weighted by atomic mass is 9.71. The average molecular weight is 796 g/mol. The number of esters is 2. The Kier molecular flexibility index (Phi) is 8.13. The lowest BCUT2D eigenvalue weighted by molar-refractivity contribution is -0.158. The first-order chi connectivity index (χ1) is 27.4. The summed E-state index contributed by atoms with van der Waals surface area (Å²) in [5, 5.41) is 27.0. The van der Waals surface area contributed by atoms with E-state index in [9.17, 15) is 24.3 Å². The van der Waals surface area contributed by atoms with E-state index in [0.717, 1.165) is 16.7 Å². The van der Waals surface area contributed by atoms with Crippen molar-refractivity contribution in [2.45, 2.75) is 87.6 Å². The number of carbonyl (C=O) groups excluding carboxylic acids is 2. The average Bonchev–Trinajstić information content (AvgIpc) is 3.80. The van der Waals surface area contributed by atoms with Crippen molar-refractivity contribution in [3.05, 3.63) is 74.7 Å². The molecule has 3 aromatic carbocycles. The number of H-pyrrole nitrogens is 1. The van der Waals surface area contributed by atoms with Gasteiger partial charge in [-0.3, -0.25) is 19.9 Å². The predicted molar refractivity (Wildman–Crippen MR) is 206 cm³/mol. The minimum atomic E-state index is -1.40. The Labute approximate surface area is 332 Å². The third-order valence-electron chi connectivity index (χ3n) is 13.0. The number of nitrogens with one attached hydrogen (secondary N) is 2. The van der Waals surface area contributed by atoms with Crippen molar-refractivity contribution in [1.29, 1.82) is 5.26 Å². The molecule has 7 aliphatic heterocycles. The zero-order chi connectivity index (χ0) is 39.8. The summed E-state index contributed by atoms with van der Waals surface area (Å²) in [6, 6.07) is 6.30. The van der Waals surface area contributed by atoms with Gasteiger partial charge >= 0.3 is 11.9 Å². The van der Waals surface area contributed by atoms with Crippen molar-refractivity contribution in [2.24, 2.45) is 0 Å². The second kappa shape index (κ2) is 12.7. The predicted octanol–water partition coefficient (Wildman–Crippen LogP) is 5.28. The molecule has 15 heteroatoms. The molecular formula is C42H42FN5O8S. The Hall–Kier alpha value is -5.01. The maximum atomic E-state index is 15.0. The molecule has 2 saturated heterocycles. The van der Waals surface area contributed by atoms with Crippen LogP contribution in [0.3, 0.4) is 0 Å². The van der Waals surface area contributed by atoms with E-state index in [0.29, 0.717) is 74.7 Å². The highest BCUT2D eigenvalue weighted by atomic mass is 32.2. The van der Waals surface area contributed by atoms with E-state index in [-0.39, 0.29) is 42.8 Å². The minimum Gasteiger partial charge on any atom is -0.504 e. The Morgan fingerprint density at radius 3 is 2.67 bits per heavy atom. The number of aromatic amines is 1. The van der Waals surface area contributed by atoms with Gasteiger partial charge in [-0.05, 0) is 75.5 Å². The summed E-state index contributed by atoms with van der Waals surface area (Å²) in [7, 11) is 3.53. The number of rotatable bonds is 2. The van der Waals surface area contributed by atoms with E-state index < -0.39 is 46.9 Å². The molecule has 1 aromatic heterocycles. The molecule has 2 unspecified atom stereocenters. The fraction of sp³-hybridized carbons (Fsp3) is 0.452. The van der Waals surface area contributed by atoms with Crippen molar-refractivity contribution >= 4 is 34.6 Å². The Morgan fingerprint density at radius 2 is 1.91 bits per heavy atom. The number of halogens is 1. The number of aryl methyl sites for hydroxylation is 1. The van der Waals surface area contributed by atoms with Crippen molar-refractivity contribution in [1.82, 2.24) is 20.1 Å². The molecule has 7 aliphatic rings. The van der Waals surface area contributed by atoms with Crippen molar-refractivity contribution in [3.8, 4) is 34.8 Å². The third kappa shape index (κ3) is 4.90. The summed E-state index contributed by atoms with van der Waals surface area (Å²) in [6.45, 7) is 6.83. The number of ether oxygens (including phenoxy) is 5. The van der Waals surface area contributed by atoms with Gasteiger partial charge in [0.25, 0.3) is 0 Å². The van der Waals surface area contributed by atoms with Gasteiger partial charge in [0.05, 0.1) is 36.2 Å². The normalized spacial score (nSPS) is 29.9. The van der Waals surface area contributed by atoms with Crippen LogP contribution in [0.5, 0.6) is 28.7 Å². The van der Waals surface area contributed by atoms with E-state index in [4.69, 9.17) is 23.7 Å². The third-order valence-corrected chi connectivity index (χ3v) is 14.5. The SMILES string of the molecule is COc1c(C)cc2c(c1O)[C@H]1C3[C@@H]4SC[C@]5(NC(C)Cc6c5[nH]c5ccc(F)cc65)C(=O)OC[C@@H](c5c6c(c(C)c(OC(C)=O)c54)OCO6)N3[C@@H](C#N)[C@@H](C2)N1C. The molecule has 0 radical (unpaired) electrons. The van der Waals surface area contributed by atoms with Crippen LogP contribution >= 0.6 is 11.8 Å². The molecule has 2 fully saturated rings. The zero-order valence-electron chi connectivity index (χ0n) is 32.3. The standard InChI is InChI=1S/C42H42FN5O8S/c1-17-9-21-11-26-27(13-44)48-28-14-53-41(51)42(40-24(10-18(2)46-42)23-12-22(43)7-8-25(23)45-40)15-57-39(33(48)32(47(26)5)29(21)34(50)35(17)52-6)31-30(28)38-37(54-16-55-38)19(3)36(31)56-20(4)49/h7-9,12,18,26-28,32-33,39,45-46,50H,10-11,14-16H2,1-6H3/t18?,26-,27+,28+,32+,33?,39-,42-/m1/s1. The van der Waals surface area contributed by atoms with Crippen LogP contribution in [0.25, 0.3) is 10.9 Å². The van der Waals surface area contributed by atoms with E-state index in [1.165, 1.54) is 37.9 Å². The number of phenolic OH excluding ortho intramolecular Hbond substituents is 1. The number of nitriles is 1. The van der Waals surface area contributed by atoms with Gasteiger partial charge in [0.1, 0.15) is 24.2 Å². The quantitative estimate of drug-likeness (QED) is 0.178. The van der Waals surface area contributed by atoms with Gasteiger partial charge in [0, 0.05) is 64.0 Å². The van der Waals surface area contributed by atoms with Crippen molar-refractivity contribution in [3.63, 3.8) is 0 Å². The number of likely N-dealkylation sites (N-methyl/N-ethyl adjacent to an activating group) is 1. The molecule has 0 saturated carbocycles. The van der Waals surface area contributed by atoms with Gasteiger partial charge < -0.3 is 33.8 Å². The highest BCUT2D eigenvalue weighted by Crippen LogP contribution is 2.64. The monoisotopic (exact) mass is 795 g/mol. The highest BCUT2D eigenvalue weighted by molar-refractivity contribution is 7.99. The number of thioether (sulfide) groups is 1. The molecule has 1 spiro atoms. The van der Waals surface area contributed by atoms with Gasteiger partial charge in [-0.1, -0.05) is 6.07 Å². The van der Waals surface area contributed by atoms with Crippen LogP contribution in [0.2, 0.25) is 0 Å². The lowest BCUT2D eigenvalue weighted by Gasteiger charge is -2.62. The summed E-state index contributed by atoms with van der Waals surface area (Å²) in [4.78, 5) is 35.8. The van der Waals surface area contributed by atoms with E-state index in [1.807, 2.05) is 33.9 Å². The van der Waals surface area contributed by atoms with Gasteiger partial charge in [-0.2, -0.15) is 5.26 Å². The molecule has 8 heterocycles. The van der Waals surface area contributed by atoms with Crippen LogP contribution in [-0.4, -0.2) is 89.3 Å². The number of fused-ring (bicyclic) bond motifs is 11. The van der Waals surface area contributed by atoms with Crippen LogP contribution < -0.4 is 24.3 Å². The number of phenols is 1. The fourth-order valence-corrected chi connectivity index (χ4v) is 12.6. The Balaban J connectivity index is 1.26. The topological polar surface area (TPSA) is 159 Å². The second-order valence-corrected chi connectivity index (χ2v) is 17.3. The van der Waals surface area contributed by atoms with Crippen molar-refractivity contribution in [2.75, 3.05) is 33.3 Å².